The van der Waals surface area contributed by atoms with E-state index < -0.39 is 0 Å². The van der Waals surface area contributed by atoms with E-state index in [2.05, 4.69) is 39.3 Å². The van der Waals surface area contributed by atoms with Gasteiger partial charge in [-0.15, -0.1) is 24.0 Å². The van der Waals surface area contributed by atoms with Gasteiger partial charge in [0.25, 0.3) is 5.91 Å². The molecule has 170 valence electrons. The summed E-state index contributed by atoms with van der Waals surface area (Å²) in [5, 5.41) is 6.47. The standard InChI is InChI=1S/C23H39N5O.HI/c1-6-11-23(2)12-8-14-28(18-23)22(24-3)26-17-19-9-7-10-20(16-19)21(29)25-13-15-27(4)5;/h7,9-10,16H,6,8,11-15,17-18H2,1-5H3,(H,24,26)(H,25,29);1H. The van der Waals surface area contributed by atoms with Gasteiger partial charge in [0.05, 0.1) is 0 Å². The highest BCUT2D eigenvalue weighted by atomic mass is 127. The van der Waals surface area contributed by atoms with E-state index in [4.69, 9.17) is 0 Å². The first kappa shape index (κ1) is 26.7. The van der Waals surface area contributed by atoms with Crippen molar-refractivity contribution in [3.63, 3.8) is 0 Å². The quantitative estimate of drug-likeness (QED) is 0.307. The van der Waals surface area contributed by atoms with Gasteiger partial charge in [-0.2, -0.15) is 0 Å². The Labute approximate surface area is 199 Å². The lowest BCUT2D eigenvalue weighted by atomic mass is 9.78. The zero-order valence-corrected chi connectivity index (χ0v) is 21.7. The van der Waals surface area contributed by atoms with Crippen LogP contribution in [0.15, 0.2) is 29.3 Å². The molecule has 0 aromatic heterocycles. The van der Waals surface area contributed by atoms with Crippen LogP contribution in [0.4, 0.5) is 0 Å². The molecule has 0 bridgehead atoms. The summed E-state index contributed by atoms with van der Waals surface area (Å²) in [5.41, 5.74) is 2.15. The van der Waals surface area contributed by atoms with Crippen molar-refractivity contribution < 1.29 is 4.79 Å². The zero-order chi connectivity index (χ0) is 21.3. The van der Waals surface area contributed by atoms with Crippen molar-refractivity contribution >= 4 is 35.8 Å². The number of rotatable bonds is 8. The smallest absolute Gasteiger partial charge is 0.251 e. The van der Waals surface area contributed by atoms with E-state index in [9.17, 15) is 4.79 Å². The van der Waals surface area contributed by atoms with Crippen molar-refractivity contribution in [3.8, 4) is 0 Å². The summed E-state index contributed by atoms with van der Waals surface area (Å²) in [6.07, 6.45) is 4.98. The number of benzene rings is 1. The van der Waals surface area contributed by atoms with Gasteiger partial charge < -0.3 is 20.4 Å². The molecule has 1 atom stereocenters. The fraction of sp³-hybridized carbons (Fsp3) is 0.652. The first-order chi connectivity index (χ1) is 13.9. The fourth-order valence-electron chi connectivity index (χ4n) is 4.14. The van der Waals surface area contributed by atoms with E-state index in [1.807, 2.05) is 45.4 Å². The van der Waals surface area contributed by atoms with E-state index in [0.717, 1.165) is 31.2 Å². The molecule has 7 heteroatoms. The molecule has 1 heterocycles. The summed E-state index contributed by atoms with van der Waals surface area (Å²) in [6, 6.07) is 7.82. The zero-order valence-electron chi connectivity index (χ0n) is 19.3. The Kier molecular flexibility index (Phi) is 11.7. The minimum atomic E-state index is -0.0237. The van der Waals surface area contributed by atoms with Crippen LogP contribution in [0.25, 0.3) is 0 Å². The topological polar surface area (TPSA) is 60.0 Å². The molecule has 0 spiro atoms. The number of hydrogen-bond donors (Lipinski definition) is 2. The van der Waals surface area contributed by atoms with Gasteiger partial charge in [-0.05, 0) is 56.5 Å². The molecular formula is C23H40IN5O. The maximum Gasteiger partial charge on any atom is 0.251 e. The number of carbonyl (C=O) groups excluding carboxylic acids is 1. The number of carbonyl (C=O) groups is 1. The van der Waals surface area contributed by atoms with Gasteiger partial charge in [-0.25, -0.2) is 0 Å². The third kappa shape index (κ3) is 8.41. The maximum absolute atomic E-state index is 12.4. The van der Waals surface area contributed by atoms with Crippen LogP contribution < -0.4 is 10.6 Å². The van der Waals surface area contributed by atoms with Gasteiger partial charge in [0, 0.05) is 45.3 Å². The lowest BCUT2D eigenvalue weighted by Gasteiger charge is -2.42. The fourth-order valence-corrected chi connectivity index (χ4v) is 4.14. The predicted molar refractivity (Wildman–Crippen MR) is 137 cm³/mol. The van der Waals surface area contributed by atoms with Gasteiger partial charge in [0.15, 0.2) is 5.96 Å². The molecule has 2 N–H and O–H groups in total. The molecular weight excluding hydrogens is 489 g/mol. The summed E-state index contributed by atoms with van der Waals surface area (Å²) in [4.78, 5) is 21.3. The number of amides is 1. The minimum absolute atomic E-state index is 0. The number of nitrogens with one attached hydrogen (secondary N) is 2. The van der Waals surface area contributed by atoms with Crippen LogP contribution >= 0.6 is 24.0 Å². The molecule has 0 aliphatic carbocycles. The number of aliphatic imine (C=N–C) groups is 1. The summed E-state index contributed by atoms with van der Waals surface area (Å²) in [6.45, 7) is 8.90. The number of hydrogen-bond acceptors (Lipinski definition) is 3. The van der Waals surface area contributed by atoms with Crippen molar-refractivity contribution in [2.75, 3.05) is 47.3 Å². The largest absolute Gasteiger partial charge is 0.352 e. The van der Waals surface area contributed by atoms with Crippen molar-refractivity contribution in [1.29, 1.82) is 0 Å². The summed E-state index contributed by atoms with van der Waals surface area (Å²) in [7, 11) is 5.85. The number of likely N-dealkylation sites (tertiary alicyclic amines) is 1. The molecule has 30 heavy (non-hydrogen) atoms. The Balaban J connectivity index is 0.00000450. The van der Waals surface area contributed by atoms with Crippen molar-refractivity contribution in [3.05, 3.63) is 35.4 Å². The van der Waals surface area contributed by atoms with Crippen LogP contribution in [0.1, 0.15) is 55.5 Å². The molecule has 0 radical (unpaired) electrons. The third-order valence-electron chi connectivity index (χ3n) is 5.63. The van der Waals surface area contributed by atoms with E-state index in [-0.39, 0.29) is 29.9 Å². The molecule has 1 unspecified atom stereocenters. The number of nitrogens with zero attached hydrogens (tertiary/aromatic N) is 3. The van der Waals surface area contributed by atoms with E-state index in [0.29, 0.717) is 24.1 Å². The SMILES string of the molecule is CCCC1(C)CCCN(C(=NC)NCc2cccc(C(=O)NCCN(C)C)c2)C1.I. The molecule has 1 fully saturated rings. The molecule has 1 aromatic carbocycles. The highest BCUT2D eigenvalue weighted by molar-refractivity contribution is 14.0. The first-order valence-electron chi connectivity index (χ1n) is 10.8. The lowest BCUT2D eigenvalue weighted by Crippen LogP contribution is -2.49. The second-order valence-corrected chi connectivity index (χ2v) is 8.75. The Morgan fingerprint density at radius 1 is 1.30 bits per heavy atom. The number of halogens is 1. The van der Waals surface area contributed by atoms with Crippen molar-refractivity contribution in [2.45, 2.75) is 46.1 Å². The van der Waals surface area contributed by atoms with Crippen LogP contribution in [-0.4, -0.2) is 69.0 Å². The molecule has 1 saturated heterocycles. The average Bonchev–Trinajstić information content (AvgIpc) is 2.68. The Morgan fingerprint density at radius 2 is 2.07 bits per heavy atom. The normalized spacial score (nSPS) is 19.4. The van der Waals surface area contributed by atoms with Crippen molar-refractivity contribution in [1.82, 2.24) is 20.4 Å². The van der Waals surface area contributed by atoms with Crippen LogP contribution in [0.3, 0.4) is 0 Å². The van der Waals surface area contributed by atoms with Gasteiger partial charge in [-0.3, -0.25) is 9.79 Å². The number of likely N-dealkylation sites (N-methyl/N-ethyl adjacent to an activating group) is 1. The monoisotopic (exact) mass is 529 g/mol. The second-order valence-electron chi connectivity index (χ2n) is 8.75. The van der Waals surface area contributed by atoms with Gasteiger partial charge in [0.1, 0.15) is 0 Å². The predicted octanol–water partition coefficient (Wildman–Crippen LogP) is 3.57. The highest BCUT2D eigenvalue weighted by Crippen LogP contribution is 2.33. The van der Waals surface area contributed by atoms with Crippen LogP contribution in [0, 0.1) is 5.41 Å². The van der Waals surface area contributed by atoms with E-state index in [1.165, 1.54) is 25.7 Å². The number of guanidine groups is 1. The Hall–Kier alpha value is -1.35. The maximum atomic E-state index is 12.4. The van der Waals surface area contributed by atoms with Crippen LogP contribution in [0.5, 0.6) is 0 Å². The molecule has 1 aromatic rings. The minimum Gasteiger partial charge on any atom is -0.352 e. The molecule has 1 amide bonds. The first-order valence-corrected chi connectivity index (χ1v) is 10.8. The summed E-state index contributed by atoms with van der Waals surface area (Å²) < 4.78 is 0. The molecule has 1 aliphatic heterocycles. The molecule has 0 saturated carbocycles. The van der Waals surface area contributed by atoms with Gasteiger partial charge in [0.2, 0.25) is 0 Å². The molecule has 6 nitrogen and oxygen atoms in total. The molecule has 1 aliphatic rings. The van der Waals surface area contributed by atoms with Crippen molar-refractivity contribution in [2.24, 2.45) is 10.4 Å². The van der Waals surface area contributed by atoms with Crippen LogP contribution in [0.2, 0.25) is 0 Å². The van der Waals surface area contributed by atoms with E-state index in [1.54, 1.807) is 0 Å². The third-order valence-corrected chi connectivity index (χ3v) is 5.63. The van der Waals surface area contributed by atoms with Gasteiger partial charge >= 0.3 is 0 Å². The highest BCUT2D eigenvalue weighted by Gasteiger charge is 2.31. The lowest BCUT2D eigenvalue weighted by molar-refractivity contribution is 0.0951. The summed E-state index contributed by atoms with van der Waals surface area (Å²) in [5.74, 6) is 0.928. The Bertz CT molecular complexity index is 690. The van der Waals surface area contributed by atoms with Gasteiger partial charge in [-0.1, -0.05) is 32.4 Å². The second kappa shape index (κ2) is 13.1. The average molecular weight is 530 g/mol. The Morgan fingerprint density at radius 3 is 2.73 bits per heavy atom. The summed E-state index contributed by atoms with van der Waals surface area (Å²) >= 11 is 0. The molecule has 2 rings (SSSR count). The van der Waals surface area contributed by atoms with Crippen LogP contribution in [-0.2, 0) is 6.54 Å². The van der Waals surface area contributed by atoms with E-state index >= 15 is 0 Å². The number of piperidine rings is 1.